The zero-order chi connectivity index (χ0) is 90.4. The zero-order valence-electron chi connectivity index (χ0n) is 78.0. The van der Waals surface area contributed by atoms with Crippen LogP contribution in [0.4, 0.5) is 0 Å². The summed E-state index contributed by atoms with van der Waals surface area (Å²) in [6, 6.07) is 108. The van der Waals surface area contributed by atoms with Gasteiger partial charge in [-0.3, -0.25) is 0 Å². The van der Waals surface area contributed by atoms with E-state index in [1.165, 1.54) is 105 Å². The number of phenolic OH excluding ortho intramolecular Hbond substituents is 1. The maximum Gasteiger partial charge on any atom is 0.120 e. The van der Waals surface area contributed by atoms with Crippen LogP contribution in [-0.4, -0.2) is 31.5 Å². The van der Waals surface area contributed by atoms with Crippen molar-refractivity contribution in [2.24, 2.45) is 23.7 Å². The first-order chi connectivity index (χ1) is 64.4. The largest absolute Gasteiger partial charge is 0.508 e. The van der Waals surface area contributed by atoms with Crippen LogP contribution in [0, 0.1) is 23.7 Å². The minimum Gasteiger partial charge on any atom is -0.508 e. The van der Waals surface area contributed by atoms with Gasteiger partial charge in [-0.1, -0.05) is 327 Å². The molecule has 0 aliphatic heterocycles. The van der Waals surface area contributed by atoms with Gasteiger partial charge in [0.05, 0.1) is 26.4 Å². The predicted octanol–water partition coefficient (Wildman–Crippen LogP) is 34.7. The highest BCUT2D eigenvalue weighted by Gasteiger charge is 2.25. The first-order valence-electron chi connectivity index (χ1n) is 48.5. The van der Waals surface area contributed by atoms with Crippen LogP contribution in [0.3, 0.4) is 0 Å². The van der Waals surface area contributed by atoms with E-state index in [2.05, 4.69) is 323 Å². The summed E-state index contributed by atoms with van der Waals surface area (Å²) >= 11 is 0. The lowest BCUT2D eigenvalue weighted by molar-refractivity contribution is 0.233. The van der Waals surface area contributed by atoms with Gasteiger partial charge in [0.25, 0.3) is 0 Å². The third-order valence-corrected chi connectivity index (χ3v) is 26.8. The molecule has 8 nitrogen and oxygen atoms in total. The molecule has 4 atom stereocenters. The van der Waals surface area contributed by atoms with Crippen molar-refractivity contribution in [3.63, 3.8) is 0 Å². The summed E-state index contributed by atoms with van der Waals surface area (Å²) in [5.74, 6) is 8.48. The lowest BCUT2D eigenvalue weighted by Gasteiger charge is -2.21. The van der Waals surface area contributed by atoms with Crippen LogP contribution in [0.25, 0.3) is 137 Å². The monoisotopic (exact) mass is 1730 g/mol. The Labute approximate surface area is 776 Å². The van der Waals surface area contributed by atoms with E-state index in [0.29, 0.717) is 69.9 Å². The average molecular weight is 1730 g/mol. The Bertz CT molecular complexity index is 6730. The molecule has 0 saturated carbocycles. The summed E-state index contributed by atoms with van der Waals surface area (Å²) in [5, 5.41) is 28.5. The fourth-order valence-corrected chi connectivity index (χ4v) is 18.6. The van der Waals surface area contributed by atoms with E-state index in [4.69, 9.17) is 33.2 Å². The van der Waals surface area contributed by atoms with Crippen LogP contribution in [0.2, 0.25) is 0 Å². The van der Waals surface area contributed by atoms with Gasteiger partial charge in [-0.25, -0.2) is 0 Å². The standard InChI is InChI=1S/C66H68O4.C57H60O4/c1-6-11-16-47(9-4)42-67-59-33-35-62-63(40-59)65(55-26-24-53-38-57(30-28-51(53)36-55)69-44-49-18-14-13-15-19-49)61-34-32-60(68-43-48(10-5)17-12-7-2)41-64(61)66(62)56-27-25-54-39-58(31-29-52(54)37-56)70-45-50-22-20-46(8-3)21-23-50;1-5-9-14-39(7-3)36-59-50-27-29-53-54(34-50)56(46-20-18-44-32-48(58)24-22-42(44)30-46)52-28-26-51(60-37-40(8-4)15-10-6-2)35-55(52)57(53)47-21-19-45-33-49(25-23-43(45)31-47)61-38-41-16-12-11-13-17-41/h8,13-15,18-41,47-48H,3,6-7,9-12,16-17,42-45H2,1-2,4-5H3;11-13,16-35,39-40,58H,5-10,14-15,36-38H2,1-4H3. The normalized spacial score (nSPS) is 12.5. The maximum absolute atomic E-state index is 10.3. The second kappa shape index (κ2) is 44.5. The number of aromatic hydroxyl groups is 1. The molecule has 17 aromatic rings. The third kappa shape index (κ3) is 22.5. The lowest BCUT2D eigenvalue weighted by Crippen LogP contribution is -2.11. The smallest absolute Gasteiger partial charge is 0.120 e. The zero-order valence-corrected chi connectivity index (χ0v) is 78.0. The second-order valence-corrected chi connectivity index (χ2v) is 35.9. The molecular weight excluding hydrogens is 1610 g/mol. The van der Waals surface area contributed by atoms with Crippen molar-refractivity contribution in [1.82, 2.24) is 0 Å². The fourth-order valence-electron chi connectivity index (χ4n) is 18.6. The minimum absolute atomic E-state index is 0.269. The van der Waals surface area contributed by atoms with Crippen LogP contribution in [0.1, 0.15) is 180 Å². The molecule has 0 radical (unpaired) electrons. The van der Waals surface area contributed by atoms with Gasteiger partial charge in [-0.2, -0.15) is 0 Å². The summed E-state index contributed by atoms with van der Waals surface area (Å²) in [4.78, 5) is 0. The maximum atomic E-state index is 10.3. The fraction of sp³-hybridized carbons (Fsp3) is 0.285. The predicted molar refractivity (Wildman–Crippen MR) is 554 cm³/mol. The second-order valence-electron chi connectivity index (χ2n) is 35.9. The number of fused-ring (bicyclic) bond motifs is 8. The van der Waals surface area contributed by atoms with E-state index in [1.807, 2.05) is 42.5 Å². The molecule has 131 heavy (non-hydrogen) atoms. The molecule has 0 aromatic heterocycles. The highest BCUT2D eigenvalue weighted by molar-refractivity contribution is 6.24. The molecule has 1 N–H and O–H groups in total. The van der Waals surface area contributed by atoms with Crippen molar-refractivity contribution in [3.8, 4) is 90.5 Å². The molecule has 668 valence electrons. The van der Waals surface area contributed by atoms with Crippen molar-refractivity contribution in [1.29, 1.82) is 0 Å². The van der Waals surface area contributed by atoms with Crippen LogP contribution >= 0.6 is 0 Å². The number of phenols is 1. The number of hydrogen-bond donors (Lipinski definition) is 1. The van der Waals surface area contributed by atoms with Gasteiger partial charge in [-0.05, 0) is 324 Å². The molecule has 0 saturated heterocycles. The van der Waals surface area contributed by atoms with Crippen molar-refractivity contribution < 1.29 is 38.3 Å². The van der Waals surface area contributed by atoms with E-state index < -0.39 is 0 Å². The van der Waals surface area contributed by atoms with Gasteiger partial charge in [0, 0.05) is 0 Å². The van der Waals surface area contributed by atoms with E-state index in [9.17, 15) is 5.11 Å². The average Bonchev–Trinajstić information content (AvgIpc) is 0.728. The third-order valence-electron chi connectivity index (χ3n) is 26.8. The minimum atomic E-state index is 0.269. The van der Waals surface area contributed by atoms with Crippen LogP contribution in [0.5, 0.6) is 46.0 Å². The molecule has 0 aliphatic rings. The lowest BCUT2D eigenvalue weighted by atomic mass is 9.85. The van der Waals surface area contributed by atoms with Gasteiger partial charge in [0.2, 0.25) is 0 Å². The van der Waals surface area contributed by atoms with Gasteiger partial charge in [0.1, 0.15) is 65.8 Å². The van der Waals surface area contributed by atoms with Crippen LogP contribution in [0.15, 0.2) is 310 Å². The van der Waals surface area contributed by atoms with E-state index in [-0.39, 0.29) is 5.75 Å². The quantitative estimate of drug-likeness (QED) is 0.0379. The SMILES string of the molecule is C=Cc1ccc(COc2ccc3cc(-c4c5ccc(OCC(CC)CCCC)cc5c(-c5ccc6cc(OCc7ccccc7)ccc6c5)c5ccc(OCC(CC)CCCC)cc45)ccc3c2)cc1.CCCCC(CC)COc1ccc2c(-c3ccc4cc(OCc5ccccc5)ccc4c3)c3cc(OCC(CC)CCCC)ccc3c(-c3ccc4cc(O)ccc4c3)c2c1. The first-order valence-corrected chi connectivity index (χ1v) is 48.5. The summed E-state index contributed by atoms with van der Waals surface area (Å²) < 4.78 is 45.6. The molecule has 0 heterocycles. The van der Waals surface area contributed by atoms with Gasteiger partial charge < -0.3 is 38.3 Å². The molecule has 17 rings (SSSR count). The molecule has 17 aromatic carbocycles. The Kier molecular flexibility index (Phi) is 31.0. The van der Waals surface area contributed by atoms with Crippen molar-refractivity contribution in [2.75, 3.05) is 26.4 Å². The van der Waals surface area contributed by atoms with Crippen molar-refractivity contribution in [3.05, 3.63) is 332 Å². The number of benzene rings is 17. The van der Waals surface area contributed by atoms with Crippen LogP contribution < -0.4 is 33.2 Å². The highest BCUT2D eigenvalue weighted by atomic mass is 16.5. The van der Waals surface area contributed by atoms with Gasteiger partial charge in [-0.15, -0.1) is 0 Å². The first kappa shape index (κ1) is 91.3. The number of unbranched alkanes of at least 4 members (excludes halogenated alkanes) is 4. The molecule has 0 spiro atoms. The number of ether oxygens (including phenoxy) is 7. The van der Waals surface area contributed by atoms with E-state index in [0.717, 1.165) is 191 Å². The number of rotatable bonds is 42. The molecule has 0 fully saturated rings. The molecule has 0 aliphatic carbocycles. The van der Waals surface area contributed by atoms with Gasteiger partial charge in [0.15, 0.2) is 0 Å². The topological polar surface area (TPSA) is 84.8 Å². The summed E-state index contributed by atoms with van der Waals surface area (Å²) in [7, 11) is 0. The Morgan fingerprint density at radius 1 is 0.244 bits per heavy atom. The summed E-state index contributed by atoms with van der Waals surface area (Å²) in [6.07, 6.45) is 20.6. The summed E-state index contributed by atoms with van der Waals surface area (Å²) in [6.45, 7) is 26.4. The Morgan fingerprint density at radius 2 is 0.496 bits per heavy atom. The molecule has 8 heteroatoms. The van der Waals surface area contributed by atoms with Crippen LogP contribution in [-0.2, 0) is 19.8 Å². The number of hydrogen-bond acceptors (Lipinski definition) is 8. The summed E-state index contributed by atoms with van der Waals surface area (Å²) in [5.41, 5.74) is 13.8. The van der Waals surface area contributed by atoms with E-state index in [1.54, 1.807) is 6.07 Å². The van der Waals surface area contributed by atoms with Crippen molar-refractivity contribution in [2.45, 2.75) is 178 Å². The van der Waals surface area contributed by atoms with E-state index >= 15 is 0 Å². The van der Waals surface area contributed by atoms with Gasteiger partial charge >= 0.3 is 0 Å². The Morgan fingerprint density at radius 3 is 0.779 bits per heavy atom. The Balaban J connectivity index is 0.000000193. The highest BCUT2D eigenvalue weighted by Crippen LogP contribution is 2.50. The molecule has 0 amide bonds. The molecule has 4 unspecified atom stereocenters. The Hall–Kier alpha value is -13.0. The van der Waals surface area contributed by atoms with Crippen molar-refractivity contribution >= 4 is 92.3 Å². The molecule has 0 bridgehead atoms. The molecular formula is C123H128O8.